The van der Waals surface area contributed by atoms with Gasteiger partial charge in [0.15, 0.2) is 0 Å². The first-order valence-electron chi connectivity index (χ1n) is 5.37. The fourth-order valence-corrected chi connectivity index (χ4v) is 1.60. The van der Waals surface area contributed by atoms with Crippen molar-refractivity contribution in [1.29, 1.82) is 0 Å². The summed E-state index contributed by atoms with van der Waals surface area (Å²) in [5.74, 6) is 0.949. The molecule has 0 N–H and O–H groups in total. The maximum Gasteiger partial charge on any atom is 0.119 e. The SMILES string of the molecule is CC1=CC=C(COc2ccccc2)CC1. The monoisotopic (exact) mass is 200 g/mol. The standard InChI is InChI=1S/C14H16O/c1-12-7-9-13(10-8-12)11-15-14-5-3-2-4-6-14/h2-7,9H,8,10-11H2,1H3. The van der Waals surface area contributed by atoms with Crippen LogP contribution in [0.1, 0.15) is 19.8 Å². The summed E-state index contributed by atoms with van der Waals surface area (Å²) in [6.45, 7) is 2.89. The van der Waals surface area contributed by atoms with Gasteiger partial charge < -0.3 is 4.74 Å². The lowest BCUT2D eigenvalue weighted by molar-refractivity contribution is 0.347. The molecule has 0 atom stereocenters. The molecule has 15 heavy (non-hydrogen) atoms. The van der Waals surface area contributed by atoms with Crippen molar-refractivity contribution in [3.05, 3.63) is 53.6 Å². The van der Waals surface area contributed by atoms with Crippen LogP contribution in [0.5, 0.6) is 5.75 Å². The normalized spacial score (nSPS) is 15.5. The number of ether oxygens (including phenoxy) is 1. The molecule has 1 aliphatic carbocycles. The zero-order valence-corrected chi connectivity index (χ0v) is 9.07. The van der Waals surface area contributed by atoms with Crippen molar-refractivity contribution < 1.29 is 4.74 Å². The Bertz CT molecular complexity index is 374. The molecule has 1 aromatic carbocycles. The van der Waals surface area contributed by atoms with Crippen molar-refractivity contribution in [1.82, 2.24) is 0 Å². The number of allylic oxidation sites excluding steroid dienone is 3. The summed E-state index contributed by atoms with van der Waals surface area (Å²) in [6, 6.07) is 9.97. The minimum atomic E-state index is 0.716. The first-order valence-corrected chi connectivity index (χ1v) is 5.37. The predicted octanol–water partition coefficient (Wildman–Crippen LogP) is 3.73. The Hall–Kier alpha value is -1.50. The van der Waals surface area contributed by atoms with Gasteiger partial charge in [0, 0.05) is 0 Å². The highest BCUT2D eigenvalue weighted by molar-refractivity contribution is 5.25. The molecule has 0 bridgehead atoms. The third kappa shape index (κ3) is 2.98. The van der Waals surface area contributed by atoms with Crippen LogP contribution in [0.25, 0.3) is 0 Å². The number of benzene rings is 1. The van der Waals surface area contributed by atoms with Crippen LogP contribution in [0, 0.1) is 0 Å². The Balaban J connectivity index is 1.89. The molecule has 1 nitrogen and oxygen atoms in total. The Labute approximate surface area is 91.1 Å². The minimum absolute atomic E-state index is 0.716. The molecular weight excluding hydrogens is 184 g/mol. The first kappa shape index (κ1) is 10.0. The summed E-state index contributed by atoms with van der Waals surface area (Å²) in [5, 5.41) is 0. The number of hydrogen-bond donors (Lipinski definition) is 0. The fraction of sp³-hybridized carbons (Fsp3) is 0.286. The highest BCUT2D eigenvalue weighted by Crippen LogP contribution is 2.19. The number of rotatable bonds is 3. The Kier molecular flexibility index (Phi) is 3.23. The minimum Gasteiger partial charge on any atom is -0.489 e. The fourth-order valence-electron chi connectivity index (χ4n) is 1.60. The summed E-state index contributed by atoms with van der Waals surface area (Å²) < 4.78 is 5.68. The van der Waals surface area contributed by atoms with Crippen LogP contribution in [-0.2, 0) is 0 Å². The molecule has 1 heteroatoms. The topological polar surface area (TPSA) is 9.23 Å². The van der Waals surface area contributed by atoms with E-state index in [0.29, 0.717) is 6.61 Å². The maximum absolute atomic E-state index is 5.68. The summed E-state index contributed by atoms with van der Waals surface area (Å²) in [6.07, 6.45) is 6.67. The first-order chi connectivity index (χ1) is 7.34. The van der Waals surface area contributed by atoms with E-state index in [0.717, 1.165) is 12.2 Å². The van der Waals surface area contributed by atoms with Gasteiger partial charge in [0.1, 0.15) is 12.4 Å². The molecule has 0 amide bonds. The van der Waals surface area contributed by atoms with Crippen LogP contribution in [0.15, 0.2) is 53.6 Å². The van der Waals surface area contributed by atoms with Gasteiger partial charge in [-0.2, -0.15) is 0 Å². The van der Waals surface area contributed by atoms with E-state index in [1.807, 2.05) is 30.3 Å². The summed E-state index contributed by atoms with van der Waals surface area (Å²) >= 11 is 0. The molecule has 2 rings (SSSR count). The average Bonchev–Trinajstić information content (AvgIpc) is 2.30. The lowest BCUT2D eigenvalue weighted by Gasteiger charge is -2.13. The molecule has 0 unspecified atom stereocenters. The van der Waals surface area contributed by atoms with Crippen LogP contribution < -0.4 is 4.74 Å². The summed E-state index contributed by atoms with van der Waals surface area (Å²) in [5.41, 5.74) is 2.84. The zero-order chi connectivity index (χ0) is 10.5. The van der Waals surface area contributed by atoms with E-state index < -0.39 is 0 Å². The molecule has 1 aliphatic rings. The van der Waals surface area contributed by atoms with E-state index in [9.17, 15) is 0 Å². The van der Waals surface area contributed by atoms with Gasteiger partial charge in [0.05, 0.1) is 0 Å². The Morgan fingerprint density at radius 1 is 1.07 bits per heavy atom. The second kappa shape index (κ2) is 4.83. The van der Waals surface area contributed by atoms with Crippen LogP contribution in [-0.4, -0.2) is 6.61 Å². The highest BCUT2D eigenvalue weighted by atomic mass is 16.5. The molecule has 0 aromatic heterocycles. The molecule has 78 valence electrons. The number of para-hydroxylation sites is 1. The highest BCUT2D eigenvalue weighted by Gasteiger charge is 2.03. The Morgan fingerprint density at radius 3 is 2.53 bits per heavy atom. The van der Waals surface area contributed by atoms with Crippen LogP contribution in [0.2, 0.25) is 0 Å². The van der Waals surface area contributed by atoms with Crippen molar-refractivity contribution in [3.63, 3.8) is 0 Å². The van der Waals surface area contributed by atoms with Gasteiger partial charge in [-0.05, 0) is 37.5 Å². The van der Waals surface area contributed by atoms with Gasteiger partial charge in [0.2, 0.25) is 0 Å². The molecule has 0 saturated heterocycles. The van der Waals surface area contributed by atoms with Crippen LogP contribution >= 0.6 is 0 Å². The molecule has 0 aliphatic heterocycles. The van der Waals surface area contributed by atoms with Gasteiger partial charge in [0.25, 0.3) is 0 Å². The van der Waals surface area contributed by atoms with E-state index >= 15 is 0 Å². The van der Waals surface area contributed by atoms with Crippen molar-refractivity contribution >= 4 is 0 Å². The lowest BCUT2D eigenvalue weighted by Crippen LogP contribution is -2.03. The molecule has 0 saturated carbocycles. The van der Waals surface area contributed by atoms with E-state index in [1.54, 1.807) is 0 Å². The van der Waals surface area contributed by atoms with E-state index in [-0.39, 0.29) is 0 Å². The van der Waals surface area contributed by atoms with Crippen molar-refractivity contribution in [2.24, 2.45) is 0 Å². The third-order valence-corrected chi connectivity index (χ3v) is 2.61. The Morgan fingerprint density at radius 2 is 1.87 bits per heavy atom. The second-order valence-electron chi connectivity index (χ2n) is 3.94. The van der Waals surface area contributed by atoms with E-state index in [2.05, 4.69) is 19.1 Å². The van der Waals surface area contributed by atoms with Crippen LogP contribution in [0.3, 0.4) is 0 Å². The third-order valence-electron chi connectivity index (χ3n) is 2.61. The van der Waals surface area contributed by atoms with Crippen LogP contribution in [0.4, 0.5) is 0 Å². The lowest BCUT2D eigenvalue weighted by atomic mass is 10.0. The van der Waals surface area contributed by atoms with Gasteiger partial charge in [-0.3, -0.25) is 0 Å². The molecule has 1 aromatic rings. The van der Waals surface area contributed by atoms with Gasteiger partial charge in [-0.25, -0.2) is 0 Å². The van der Waals surface area contributed by atoms with E-state index in [1.165, 1.54) is 17.6 Å². The van der Waals surface area contributed by atoms with Crippen molar-refractivity contribution in [3.8, 4) is 5.75 Å². The number of hydrogen-bond acceptors (Lipinski definition) is 1. The maximum atomic E-state index is 5.68. The molecule has 0 spiro atoms. The molecule has 0 radical (unpaired) electrons. The van der Waals surface area contributed by atoms with Gasteiger partial charge in [-0.15, -0.1) is 0 Å². The van der Waals surface area contributed by atoms with Gasteiger partial charge in [-0.1, -0.05) is 35.9 Å². The largest absolute Gasteiger partial charge is 0.489 e. The van der Waals surface area contributed by atoms with Crippen molar-refractivity contribution in [2.75, 3.05) is 6.61 Å². The smallest absolute Gasteiger partial charge is 0.119 e. The van der Waals surface area contributed by atoms with Gasteiger partial charge >= 0.3 is 0 Å². The van der Waals surface area contributed by atoms with E-state index in [4.69, 9.17) is 4.74 Å². The zero-order valence-electron chi connectivity index (χ0n) is 9.07. The summed E-state index contributed by atoms with van der Waals surface area (Å²) in [7, 11) is 0. The predicted molar refractivity (Wildman–Crippen MR) is 63.0 cm³/mol. The molecule has 0 heterocycles. The van der Waals surface area contributed by atoms with Crippen molar-refractivity contribution in [2.45, 2.75) is 19.8 Å². The molecule has 0 fully saturated rings. The molecular formula is C14H16O. The quantitative estimate of drug-likeness (QED) is 0.722. The summed E-state index contributed by atoms with van der Waals surface area (Å²) in [4.78, 5) is 0. The average molecular weight is 200 g/mol. The second-order valence-corrected chi connectivity index (χ2v) is 3.94.